The maximum Gasteiger partial charge on any atom is 0.431 e. The average Bonchev–Trinajstić information content (AvgIpc) is 3.31. The van der Waals surface area contributed by atoms with Crippen LogP contribution in [0.3, 0.4) is 0 Å². The summed E-state index contributed by atoms with van der Waals surface area (Å²) in [5.41, 5.74) is 1.57. The van der Waals surface area contributed by atoms with Crippen LogP contribution in [0.4, 0.5) is 13.2 Å². The first kappa shape index (κ1) is 22.5. The summed E-state index contributed by atoms with van der Waals surface area (Å²) in [6.45, 7) is 3.37. The topological polar surface area (TPSA) is 65.9 Å². The standard InChI is InChI=1S/C11H8N.C9H7F3N3O.Ir/c1-2-6-10(7-3-1)11-8-4-5-9-12-11;1-4-5(2)16-8(13-4)6-3-7(15-14-6)9(10,11)12;/h1-6,8-9H;3H,1-2H3;/q2*-1;. The van der Waals surface area contributed by atoms with E-state index in [1.165, 1.54) is 0 Å². The molecule has 5 nitrogen and oxygen atoms in total. The Morgan fingerprint density at radius 1 is 1.07 bits per heavy atom. The molecular weight excluding hydrogens is 561 g/mol. The predicted molar refractivity (Wildman–Crippen MR) is 96.0 cm³/mol. The fraction of sp³-hybridized carbons (Fsp3) is 0.150. The van der Waals surface area contributed by atoms with Gasteiger partial charge in [0.2, 0.25) is 5.89 Å². The van der Waals surface area contributed by atoms with Gasteiger partial charge in [0.25, 0.3) is 0 Å². The molecule has 0 bridgehead atoms. The summed E-state index contributed by atoms with van der Waals surface area (Å²) in [4.78, 5) is 8.16. The third kappa shape index (κ3) is 5.85. The van der Waals surface area contributed by atoms with Crippen molar-refractivity contribution in [2.24, 2.45) is 0 Å². The zero-order valence-electron chi connectivity index (χ0n) is 15.4. The summed E-state index contributed by atoms with van der Waals surface area (Å²) in [6.07, 6.45) is -2.71. The first-order chi connectivity index (χ1) is 13.3. The maximum atomic E-state index is 12.2. The monoisotopic (exact) mass is 577 g/mol. The van der Waals surface area contributed by atoms with E-state index in [4.69, 9.17) is 4.42 Å². The molecule has 0 fully saturated rings. The Balaban J connectivity index is 0.000000207. The smallest absolute Gasteiger partial charge is 0.431 e. The summed E-state index contributed by atoms with van der Waals surface area (Å²) in [7, 11) is 0. The number of pyridine rings is 1. The molecule has 0 unspecified atom stereocenters. The van der Waals surface area contributed by atoms with E-state index in [9.17, 15) is 13.2 Å². The summed E-state index contributed by atoms with van der Waals surface area (Å²) < 4.78 is 41.9. The van der Waals surface area contributed by atoms with Crippen molar-refractivity contribution in [1.29, 1.82) is 0 Å². The van der Waals surface area contributed by atoms with Crippen LogP contribution in [0.5, 0.6) is 0 Å². The van der Waals surface area contributed by atoms with Crippen molar-refractivity contribution in [3.8, 4) is 22.8 Å². The number of aromatic nitrogens is 4. The van der Waals surface area contributed by atoms with E-state index in [0.29, 0.717) is 11.5 Å². The normalized spacial score (nSPS) is 10.7. The van der Waals surface area contributed by atoms with Crippen LogP contribution in [0.25, 0.3) is 22.8 Å². The van der Waals surface area contributed by atoms with E-state index in [-0.39, 0.29) is 31.7 Å². The van der Waals surface area contributed by atoms with Crippen LogP contribution in [0.15, 0.2) is 59.1 Å². The Bertz CT molecular complexity index is 974. The van der Waals surface area contributed by atoms with Gasteiger partial charge in [-0.2, -0.15) is 13.2 Å². The Labute approximate surface area is 178 Å². The van der Waals surface area contributed by atoms with E-state index in [0.717, 1.165) is 17.3 Å². The van der Waals surface area contributed by atoms with Crippen molar-refractivity contribution in [2.45, 2.75) is 20.0 Å². The number of benzene rings is 1. The van der Waals surface area contributed by atoms with Gasteiger partial charge in [0.1, 0.15) is 11.5 Å². The van der Waals surface area contributed by atoms with E-state index in [1.54, 1.807) is 20.0 Å². The summed E-state index contributed by atoms with van der Waals surface area (Å²) in [6, 6.07) is 17.6. The minimum absolute atomic E-state index is 0. The van der Waals surface area contributed by atoms with Gasteiger partial charge < -0.3 is 19.6 Å². The second-order valence-electron chi connectivity index (χ2n) is 5.76. The van der Waals surface area contributed by atoms with Crippen LogP contribution in [0, 0.1) is 19.9 Å². The summed E-state index contributed by atoms with van der Waals surface area (Å²) in [5.74, 6) is 0.601. The second-order valence-corrected chi connectivity index (χ2v) is 5.76. The fourth-order valence-corrected chi connectivity index (χ4v) is 2.20. The summed E-state index contributed by atoms with van der Waals surface area (Å²) in [5, 5.41) is 6.41. The molecule has 3 aromatic heterocycles. The number of nitrogens with zero attached hydrogens (tertiary/aromatic N) is 4. The number of hydrogen-bond donors (Lipinski definition) is 0. The minimum atomic E-state index is -4.50. The molecule has 29 heavy (non-hydrogen) atoms. The van der Waals surface area contributed by atoms with Crippen molar-refractivity contribution in [1.82, 2.24) is 20.2 Å². The van der Waals surface area contributed by atoms with Crippen molar-refractivity contribution in [3.05, 3.63) is 77.9 Å². The van der Waals surface area contributed by atoms with E-state index >= 15 is 0 Å². The number of halogens is 3. The maximum absolute atomic E-state index is 12.2. The van der Waals surface area contributed by atoms with E-state index < -0.39 is 11.9 Å². The quantitative estimate of drug-likeness (QED) is 0.319. The van der Waals surface area contributed by atoms with Gasteiger partial charge in [-0.25, -0.2) is 4.98 Å². The molecule has 1 aromatic carbocycles. The molecular formula is C20H15F3IrN4O-2. The van der Waals surface area contributed by atoms with Crippen molar-refractivity contribution in [3.63, 3.8) is 0 Å². The number of aryl methyl sites for hydroxylation is 2. The molecule has 9 heteroatoms. The van der Waals surface area contributed by atoms with Gasteiger partial charge in [-0.05, 0) is 31.7 Å². The molecule has 0 N–H and O–H groups in total. The molecule has 0 saturated carbocycles. The fourth-order valence-electron chi connectivity index (χ4n) is 2.20. The minimum Gasteiger partial charge on any atom is -0.571 e. The van der Waals surface area contributed by atoms with Crippen molar-refractivity contribution >= 4 is 0 Å². The largest absolute Gasteiger partial charge is 0.571 e. The number of alkyl halides is 3. The van der Waals surface area contributed by atoms with Crippen LogP contribution in [0.1, 0.15) is 17.1 Å². The third-order valence-electron chi connectivity index (χ3n) is 3.73. The molecule has 0 spiro atoms. The Hall–Kier alpha value is -2.77. The van der Waals surface area contributed by atoms with Crippen LogP contribution in [-0.4, -0.2) is 15.1 Å². The van der Waals surface area contributed by atoms with Gasteiger partial charge in [0, 0.05) is 26.3 Å². The molecule has 0 aliphatic heterocycles. The molecule has 0 aliphatic carbocycles. The number of rotatable bonds is 2. The molecule has 0 atom stereocenters. The predicted octanol–water partition coefficient (Wildman–Crippen LogP) is 4.88. The van der Waals surface area contributed by atoms with Gasteiger partial charge in [0.05, 0.1) is 5.69 Å². The third-order valence-corrected chi connectivity index (χ3v) is 3.73. The molecule has 0 amide bonds. The Kier molecular flexibility index (Phi) is 7.47. The van der Waals surface area contributed by atoms with Gasteiger partial charge in [-0.15, -0.1) is 35.9 Å². The van der Waals surface area contributed by atoms with Gasteiger partial charge in [-0.1, -0.05) is 17.8 Å². The SMILES string of the molecule is Cc1nc(-c2cc(C(F)(F)F)n[n-]2)oc1C.[Ir].[c-]1ccccc1-c1ccccn1. The van der Waals surface area contributed by atoms with Gasteiger partial charge >= 0.3 is 6.18 Å². The second kappa shape index (κ2) is 9.62. The molecule has 4 aromatic rings. The first-order valence-corrected chi connectivity index (χ1v) is 8.24. The molecule has 1 radical (unpaired) electrons. The van der Waals surface area contributed by atoms with Crippen LogP contribution >= 0.6 is 0 Å². The molecule has 3 heterocycles. The van der Waals surface area contributed by atoms with Gasteiger partial charge in [0.15, 0.2) is 0 Å². The zero-order chi connectivity index (χ0) is 20.1. The van der Waals surface area contributed by atoms with Crippen molar-refractivity contribution < 1.29 is 37.7 Å². The molecule has 153 valence electrons. The first-order valence-electron chi connectivity index (χ1n) is 8.24. The number of hydrogen-bond acceptors (Lipinski definition) is 4. The Morgan fingerprint density at radius 2 is 1.83 bits per heavy atom. The molecule has 4 rings (SSSR count). The van der Waals surface area contributed by atoms with Crippen LogP contribution in [-0.2, 0) is 26.3 Å². The summed E-state index contributed by atoms with van der Waals surface area (Å²) >= 11 is 0. The van der Waals surface area contributed by atoms with Crippen molar-refractivity contribution in [2.75, 3.05) is 0 Å². The zero-order valence-corrected chi connectivity index (χ0v) is 17.8. The average molecular weight is 577 g/mol. The molecule has 0 aliphatic rings. The van der Waals surface area contributed by atoms with E-state index in [2.05, 4.69) is 26.2 Å². The number of oxazole rings is 1. The Morgan fingerprint density at radius 3 is 2.34 bits per heavy atom. The van der Waals surface area contributed by atoms with Gasteiger partial charge in [-0.3, -0.25) is 0 Å². The molecule has 0 saturated heterocycles. The van der Waals surface area contributed by atoms with E-state index in [1.807, 2.05) is 42.5 Å². The van der Waals surface area contributed by atoms with Crippen LogP contribution in [0.2, 0.25) is 0 Å². The van der Waals surface area contributed by atoms with Crippen LogP contribution < -0.4 is 5.10 Å².